The summed E-state index contributed by atoms with van der Waals surface area (Å²) < 4.78 is 47.2. The Morgan fingerprint density at radius 3 is 2.50 bits per heavy atom. The van der Waals surface area contributed by atoms with Crippen molar-refractivity contribution in [3.8, 4) is 5.75 Å². The SMILES string of the molecule is O=C(NS(=O)(=O)c1cccc(F)n1)C1(Oc2cc(Cl)ccc2C2CCCCC2)CCCC1. The topological polar surface area (TPSA) is 85.4 Å². The molecule has 1 N–H and O–H groups in total. The molecular weight excluding hydrogens is 455 g/mol. The number of amides is 1. The summed E-state index contributed by atoms with van der Waals surface area (Å²) in [5.41, 5.74) is -0.336. The lowest BCUT2D eigenvalue weighted by Gasteiger charge is -2.32. The van der Waals surface area contributed by atoms with Gasteiger partial charge < -0.3 is 4.74 Å². The van der Waals surface area contributed by atoms with Crippen molar-refractivity contribution in [1.29, 1.82) is 0 Å². The maximum atomic E-state index is 13.4. The molecule has 6 nitrogen and oxygen atoms in total. The molecule has 172 valence electrons. The van der Waals surface area contributed by atoms with Gasteiger partial charge in [0.05, 0.1) is 0 Å². The van der Waals surface area contributed by atoms with E-state index in [-0.39, 0.29) is 0 Å². The highest BCUT2D eigenvalue weighted by atomic mass is 35.5. The van der Waals surface area contributed by atoms with Crippen LogP contribution in [0.5, 0.6) is 5.75 Å². The minimum Gasteiger partial charge on any atom is -0.477 e. The van der Waals surface area contributed by atoms with E-state index in [1.165, 1.54) is 12.5 Å². The summed E-state index contributed by atoms with van der Waals surface area (Å²) in [6.07, 6.45) is 7.76. The van der Waals surface area contributed by atoms with E-state index in [0.29, 0.717) is 29.5 Å². The maximum absolute atomic E-state index is 13.4. The van der Waals surface area contributed by atoms with E-state index in [4.69, 9.17) is 16.3 Å². The van der Waals surface area contributed by atoms with Gasteiger partial charge in [0.15, 0.2) is 10.6 Å². The fourth-order valence-electron chi connectivity index (χ4n) is 4.69. The van der Waals surface area contributed by atoms with Crippen molar-refractivity contribution in [2.45, 2.75) is 74.3 Å². The number of halogens is 2. The van der Waals surface area contributed by atoms with Crippen LogP contribution in [-0.4, -0.2) is 24.9 Å². The molecule has 0 aliphatic heterocycles. The number of nitrogens with one attached hydrogen (secondary N) is 1. The third kappa shape index (κ3) is 4.91. The first-order valence-electron chi connectivity index (χ1n) is 11.0. The van der Waals surface area contributed by atoms with Gasteiger partial charge in [0, 0.05) is 5.02 Å². The molecule has 2 aliphatic carbocycles. The predicted molar refractivity (Wildman–Crippen MR) is 119 cm³/mol. The van der Waals surface area contributed by atoms with Gasteiger partial charge in [-0.15, -0.1) is 0 Å². The molecule has 9 heteroatoms. The van der Waals surface area contributed by atoms with Crippen LogP contribution in [0.2, 0.25) is 5.02 Å². The summed E-state index contributed by atoms with van der Waals surface area (Å²) in [5.74, 6) is -0.862. The number of carbonyl (C=O) groups is 1. The maximum Gasteiger partial charge on any atom is 0.281 e. The minimum absolute atomic E-state index is 0.317. The third-order valence-electron chi connectivity index (χ3n) is 6.34. The molecule has 32 heavy (non-hydrogen) atoms. The first-order chi connectivity index (χ1) is 15.3. The van der Waals surface area contributed by atoms with Crippen molar-refractivity contribution in [3.05, 3.63) is 52.9 Å². The smallest absolute Gasteiger partial charge is 0.281 e. The lowest BCUT2D eigenvalue weighted by molar-refractivity contribution is -0.134. The van der Waals surface area contributed by atoms with E-state index >= 15 is 0 Å². The third-order valence-corrected chi connectivity index (χ3v) is 7.81. The standard InChI is InChI=1S/C23H26ClFN2O4S/c24-17-11-12-18(16-7-2-1-3-8-16)19(15-17)31-23(13-4-5-14-23)22(28)27-32(29,30)21-10-6-9-20(25)26-21/h6,9-12,15-16H,1-5,7-8,13-14H2,(H,27,28). The summed E-state index contributed by atoms with van der Waals surface area (Å²) in [6, 6.07) is 8.88. The lowest BCUT2D eigenvalue weighted by atomic mass is 9.83. The molecular formula is C23H26ClFN2O4S. The molecule has 2 aliphatic rings. The van der Waals surface area contributed by atoms with E-state index in [2.05, 4.69) is 9.71 Å². The fraction of sp³-hybridized carbons (Fsp3) is 0.478. The van der Waals surface area contributed by atoms with Crippen molar-refractivity contribution in [2.75, 3.05) is 0 Å². The highest BCUT2D eigenvalue weighted by Crippen LogP contribution is 2.42. The van der Waals surface area contributed by atoms with Gasteiger partial charge >= 0.3 is 0 Å². The molecule has 0 spiro atoms. The number of pyridine rings is 1. The molecule has 1 heterocycles. The molecule has 2 aromatic rings. The number of aromatic nitrogens is 1. The highest BCUT2D eigenvalue weighted by Gasteiger charge is 2.46. The van der Waals surface area contributed by atoms with Crippen molar-refractivity contribution in [1.82, 2.24) is 9.71 Å². The zero-order valence-electron chi connectivity index (χ0n) is 17.6. The van der Waals surface area contributed by atoms with Crippen LogP contribution < -0.4 is 9.46 Å². The number of ether oxygens (including phenoxy) is 1. The van der Waals surface area contributed by atoms with Crippen LogP contribution in [-0.2, 0) is 14.8 Å². The van der Waals surface area contributed by atoms with Gasteiger partial charge in [-0.2, -0.15) is 12.8 Å². The molecule has 2 saturated carbocycles. The Labute approximate surface area is 192 Å². The largest absolute Gasteiger partial charge is 0.477 e. The predicted octanol–water partition coefficient (Wildman–Crippen LogP) is 5.12. The van der Waals surface area contributed by atoms with Crippen molar-refractivity contribution in [2.24, 2.45) is 0 Å². The first-order valence-corrected chi connectivity index (χ1v) is 12.8. The van der Waals surface area contributed by atoms with Crippen LogP contribution >= 0.6 is 11.6 Å². The Balaban J connectivity index is 1.62. The van der Waals surface area contributed by atoms with Gasteiger partial charge in [-0.1, -0.05) is 43.0 Å². The van der Waals surface area contributed by atoms with Crippen LogP contribution in [0.25, 0.3) is 0 Å². The molecule has 1 aromatic carbocycles. The van der Waals surface area contributed by atoms with Crippen LogP contribution in [0.1, 0.15) is 69.3 Å². The summed E-state index contributed by atoms with van der Waals surface area (Å²) in [4.78, 5) is 16.6. The van der Waals surface area contributed by atoms with Gasteiger partial charge in [-0.3, -0.25) is 4.79 Å². The van der Waals surface area contributed by atoms with Crippen LogP contribution in [0.15, 0.2) is 41.4 Å². The van der Waals surface area contributed by atoms with Crippen molar-refractivity contribution < 1.29 is 22.3 Å². The zero-order valence-corrected chi connectivity index (χ0v) is 19.2. The van der Waals surface area contributed by atoms with Gasteiger partial charge in [-0.25, -0.2) is 9.71 Å². The molecule has 0 saturated heterocycles. The number of carbonyl (C=O) groups excluding carboxylic acids is 1. The second-order valence-electron chi connectivity index (χ2n) is 8.55. The fourth-order valence-corrected chi connectivity index (χ4v) is 5.85. The number of hydrogen-bond acceptors (Lipinski definition) is 5. The summed E-state index contributed by atoms with van der Waals surface area (Å²) in [5, 5.41) is -0.0608. The normalized spacial score (nSPS) is 18.9. The van der Waals surface area contributed by atoms with Gasteiger partial charge in [0.1, 0.15) is 5.75 Å². The molecule has 2 fully saturated rings. The molecule has 1 amide bonds. The summed E-state index contributed by atoms with van der Waals surface area (Å²) in [6.45, 7) is 0. The van der Waals surface area contributed by atoms with Crippen LogP contribution in [0, 0.1) is 5.95 Å². The Bertz CT molecular complexity index is 1100. The highest BCUT2D eigenvalue weighted by molar-refractivity contribution is 7.90. The number of hydrogen-bond donors (Lipinski definition) is 1. The Hall–Kier alpha value is -2.19. The van der Waals surface area contributed by atoms with E-state index in [1.807, 2.05) is 12.1 Å². The van der Waals surface area contributed by atoms with Crippen molar-refractivity contribution in [3.63, 3.8) is 0 Å². The van der Waals surface area contributed by atoms with E-state index in [0.717, 1.165) is 56.2 Å². The summed E-state index contributed by atoms with van der Waals surface area (Å²) in [7, 11) is -4.35. The molecule has 0 radical (unpaired) electrons. The second-order valence-corrected chi connectivity index (χ2v) is 10.6. The average Bonchev–Trinajstić information content (AvgIpc) is 3.24. The van der Waals surface area contributed by atoms with Gasteiger partial charge in [0.2, 0.25) is 5.95 Å². The molecule has 1 aromatic heterocycles. The van der Waals surface area contributed by atoms with E-state index < -0.39 is 32.5 Å². The first kappa shape index (κ1) is 23.0. The molecule has 0 unspecified atom stereocenters. The van der Waals surface area contributed by atoms with Crippen LogP contribution in [0.4, 0.5) is 4.39 Å². The van der Waals surface area contributed by atoms with E-state index in [1.54, 1.807) is 6.07 Å². The Kier molecular flexibility index (Phi) is 6.72. The molecule has 0 atom stereocenters. The van der Waals surface area contributed by atoms with Crippen molar-refractivity contribution >= 4 is 27.5 Å². The van der Waals surface area contributed by atoms with Gasteiger partial charge in [-0.05, 0) is 74.3 Å². The number of rotatable bonds is 6. The summed E-state index contributed by atoms with van der Waals surface area (Å²) >= 11 is 6.25. The number of nitrogens with zero attached hydrogens (tertiary/aromatic N) is 1. The quantitative estimate of drug-likeness (QED) is 0.580. The number of sulfonamides is 1. The van der Waals surface area contributed by atoms with Gasteiger partial charge in [0.25, 0.3) is 15.9 Å². The zero-order chi connectivity index (χ0) is 22.8. The average molecular weight is 481 g/mol. The van der Waals surface area contributed by atoms with Crippen LogP contribution in [0.3, 0.4) is 0 Å². The second kappa shape index (κ2) is 9.35. The Morgan fingerprint density at radius 2 is 1.81 bits per heavy atom. The van der Waals surface area contributed by atoms with E-state index in [9.17, 15) is 17.6 Å². The lowest BCUT2D eigenvalue weighted by Crippen LogP contribution is -2.51. The monoisotopic (exact) mass is 480 g/mol. The molecule has 4 rings (SSSR count). The Morgan fingerprint density at radius 1 is 1.09 bits per heavy atom. The number of benzene rings is 1. The molecule has 0 bridgehead atoms. The minimum atomic E-state index is -4.35.